The number of urea groups is 1. The van der Waals surface area contributed by atoms with Gasteiger partial charge < -0.3 is 20.4 Å². The van der Waals surface area contributed by atoms with E-state index in [4.69, 9.17) is 9.90 Å². The molecule has 0 aliphatic carbocycles. The van der Waals surface area contributed by atoms with Gasteiger partial charge in [0.05, 0.1) is 0 Å². The van der Waals surface area contributed by atoms with Crippen molar-refractivity contribution in [3.63, 3.8) is 0 Å². The highest BCUT2D eigenvalue weighted by atomic mass is 16.3. The highest BCUT2D eigenvalue weighted by Gasteiger charge is 2.26. The van der Waals surface area contributed by atoms with E-state index in [-0.39, 0.29) is 12.5 Å². The molecule has 2 fully saturated rings. The maximum atomic E-state index is 12.5. The Morgan fingerprint density at radius 1 is 1.21 bits per heavy atom. The molecule has 28 heavy (non-hydrogen) atoms. The zero-order chi connectivity index (χ0) is 20.4. The Morgan fingerprint density at radius 2 is 1.93 bits per heavy atom. The molecule has 2 aliphatic heterocycles. The summed E-state index contributed by atoms with van der Waals surface area (Å²) in [5.74, 6) is 0.760. The summed E-state index contributed by atoms with van der Waals surface area (Å²) in [7, 11) is 0. The lowest BCUT2D eigenvalue weighted by Crippen LogP contribution is -2.50. The number of nitrogens with one attached hydrogen (secondary N) is 1. The van der Waals surface area contributed by atoms with Crippen molar-refractivity contribution in [1.29, 1.82) is 0 Å². The van der Waals surface area contributed by atoms with Crippen LogP contribution < -0.4 is 5.32 Å². The van der Waals surface area contributed by atoms with E-state index in [1.54, 1.807) is 6.07 Å². The molecule has 2 saturated heterocycles. The zero-order valence-electron chi connectivity index (χ0n) is 16.7. The van der Waals surface area contributed by atoms with E-state index in [0.717, 1.165) is 45.6 Å². The largest absolute Gasteiger partial charge is 0.508 e. The van der Waals surface area contributed by atoms with Gasteiger partial charge >= 0.3 is 6.03 Å². The summed E-state index contributed by atoms with van der Waals surface area (Å²) in [5.41, 5.74) is 1.18. The first kappa shape index (κ1) is 22.0. The fourth-order valence-electron chi connectivity index (χ4n) is 4.22. The number of carboxylic acid groups (broad SMARTS) is 1. The van der Waals surface area contributed by atoms with Crippen LogP contribution in [-0.4, -0.2) is 71.3 Å². The van der Waals surface area contributed by atoms with E-state index in [0.29, 0.717) is 17.7 Å². The van der Waals surface area contributed by atoms with Crippen LogP contribution >= 0.6 is 0 Å². The molecule has 1 unspecified atom stereocenters. The third-order valence-electron chi connectivity index (χ3n) is 5.77. The van der Waals surface area contributed by atoms with Crippen molar-refractivity contribution in [2.45, 2.75) is 51.0 Å². The fraction of sp³-hybridized carbons (Fsp3) is 0.619. The minimum Gasteiger partial charge on any atom is -0.508 e. The number of amides is 2. The van der Waals surface area contributed by atoms with Crippen LogP contribution in [-0.2, 0) is 4.79 Å². The Balaban J connectivity index is 0.000000878. The van der Waals surface area contributed by atoms with Gasteiger partial charge in [0.25, 0.3) is 6.47 Å². The molecule has 2 aliphatic rings. The molecule has 0 radical (unpaired) electrons. The number of phenolic OH excluding ortho intramolecular Hbond substituents is 1. The van der Waals surface area contributed by atoms with E-state index in [2.05, 4.69) is 23.2 Å². The maximum absolute atomic E-state index is 12.5. The van der Waals surface area contributed by atoms with Gasteiger partial charge in [0.15, 0.2) is 0 Å². The summed E-state index contributed by atoms with van der Waals surface area (Å²) >= 11 is 0. The van der Waals surface area contributed by atoms with Crippen molar-refractivity contribution in [2.24, 2.45) is 0 Å². The summed E-state index contributed by atoms with van der Waals surface area (Å²) < 4.78 is 0. The maximum Gasteiger partial charge on any atom is 0.317 e. The Morgan fingerprint density at radius 3 is 2.57 bits per heavy atom. The van der Waals surface area contributed by atoms with Gasteiger partial charge in [-0.25, -0.2) is 4.79 Å². The number of likely N-dealkylation sites (tertiary alicyclic amines) is 2. The Bertz CT molecular complexity index is 617. The van der Waals surface area contributed by atoms with E-state index in [1.165, 1.54) is 24.8 Å². The van der Waals surface area contributed by atoms with Gasteiger partial charge in [-0.05, 0) is 62.4 Å². The van der Waals surface area contributed by atoms with Crippen LogP contribution in [0.5, 0.6) is 5.75 Å². The average molecular weight is 392 g/mol. The van der Waals surface area contributed by atoms with Crippen molar-refractivity contribution in [2.75, 3.05) is 32.7 Å². The van der Waals surface area contributed by atoms with Crippen LogP contribution in [0.3, 0.4) is 0 Å². The molecule has 1 aromatic rings. The summed E-state index contributed by atoms with van der Waals surface area (Å²) in [6, 6.07) is 8.10. The third kappa shape index (κ3) is 6.41. The van der Waals surface area contributed by atoms with Gasteiger partial charge in [0, 0.05) is 25.7 Å². The molecular weight excluding hydrogens is 358 g/mol. The highest BCUT2D eigenvalue weighted by molar-refractivity contribution is 5.74. The van der Waals surface area contributed by atoms with E-state index >= 15 is 0 Å². The molecule has 0 saturated carbocycles. The first-order chi connectivity index (χ1) is 13.6. The SMILES string of the molecule is CCN1CCCCC1CNC(=O)N1CCC(c2cccc(O)c2)CC1.O=CO. The quantitative estimate of drug-likeness (QED) is 0.686. The number of hydrogen-bond donors (Lipinski definition) is 3. The number of aromatic hydroxyl groups is 1. The average Bonchev–Trinajstić information content (AvgIpc) is 2.73. The molecule has 2 heterocycles. The lowest BCUT2D eigenvalue weighted by molar-refractivity contribution is -0.122. The highest BCUT2D eigenvalue weighted by Crippen LogP contribution is 2.29. The van der Waals surface area contributed by atoms with Crippen LogP contribution in [0.15, 0.2) is 24.3 Å². The number of phenols is 1. The minimum atomic E-state index is -0.250. The van der Waals surface area contributed by atoms with Crippen LogP contribution in [0.4, 0.5) is 4.79 Å². The number of nitrogens with zero attached hydrogens (tertiary/aromatic N) is 2. The number of carbonyl (C=O) groups excluding carboxylic acids is 1. The van der Waals surface area contributed by atoms with Gasteiger partial charge in [-0.15, -0.1) is 0 Å². The van der Waals surface area contributed by atoms with Crippen LogP contribution in [0.25, 0.3) is 0 Å². The molecule has 0 aromatic heterocycles. The second kappa shape index (κ2) is 11.5. The number of likely N-dealkylation sites (N-methyl/N-ethyl adjacent to an activating group) is 1. The molecule has 2 amide bonds. The molecular formula is C21H33N3O4. The standard InChI is InChI=1S/C20H31N3O2.CH2O2/c1-2-22-11-4-3-7-18(22)15-21-20(25)23-12-9-16(10-13-23)17-6-5-8-19(24)14-17;2-1-3/h5-6,8,14,16,18,24H,2-4,7,9-13,15H2,1H3,(H,21,25);1H,(H,2,3). The third-order valence-corrected chi connectivity index (χ3v) is 5.77. The summed E-state index contributed by atoms with van der Waals surface area (Å²) in [5, 5.41) is 19.7. The van der Waals surface area contributed by atoms with Crippen molar-refractivity contribution in [3.05, 3.63) is 29.8 Å². The van der Waals surface area contributed by atoms with Gasteiger partial charge in [-0.1, -0.05) is 25.5 Å². The van der Waals surface area contributed by atoms with Gasteiger partial charge in [-0.2, -0.15) is 0 Å². The molecule has 0 spiro atoms. The van der Waals surface area contributed by atoms with Gasteiger partial charge in [0.1, 0.15) is 5.75 Å². The number of carbonyl (C=O) groups is 2. The first-order valence-electron chi connectivity index (χ1n) is 10.2. The molecule has 0 bridgehead atoms. The predicted molar refractivity (Wildman–Crippen MR) is 109 cm³/mol. The van der Waals surface area contributed by atoms with E-state index in [9.17, 15) is 9.90 Å². The van der Waals surface area contributed by atoms with Gasteiger partial charge in [-0.3, -0.25) is 9.69 Å². The van der Waals surface area contributed by atoms with Crippen LogP contribution in [0.1, 0.15) is 50.5 Å². The summed E-state index contributed by atoms with van der Waals surface area (Å²) in [6.45, 7) is 6.51. The minimum absolute atomic E-state index is 0.0796. The van der Waals surface area contributed by atoms with Gasteiger partial charge in [0.2, 0.25) is 0 Å². The predicted octanol–water partition coefficient (Wildman–Crippen LogP) is 2.86. The summed E-state index contributed by atoms with van der Waals surface area (Å²) in [4.78, 5) is 25.3. The molecule has 1 atom stereocenters. The topological polar surface area (TPSA) is 93.1 Å². The van der Waals surface area contributed by atoms with Crippen LogP contribution in [0.2, 0.25) is 0 Å². The van der Waals surface area contributed by atoms with Crippen molar-refractivity contribution in [3.8, 4) is 5.75 Å². The van der Waals surface area contributed by atoms with Crippen molar-refractivity contribution < 1.29 is 19.8 Å². The number of benzene rings is 1. The number of rotatable bonds is 4. The first-order valence-corrected chi connectivity index (χ1v) is 10.2. The molecule has 3 N–H and O–H groups in total. The molecule has 3 rings (SSSR count). The molecule has 7 nitrogen and oxygen atoms in total. The summed E-state index contributed by atoms with van der Waals surface area (Å²) in [6.07, 6.45) is 5.66. The smallest absolute Gasteiger partial charge is 0.317 e. The fourth-order valence-corrected chi connectivity index (χ4v) is 4.22. The second-order valence-electron chi connectivity index (χ2n) is 7.43. The normalized spacial score (nSPS) is 20.8. The van der Waals surface area contributed by atoms with E-state index < -0.39 is 0 Å². The Labute approximate surface area is 167 Å². The molecule has 1 aromatic carbocycles. The number of hydrogen-bond acceptors (Lipinski definition) is 4. The zero-order valence-corrected chi connectivity index (χ0v) is 16.7. The second-order valence-corrected chi connectivity index (χ2v) is 7.43. The Hall–Kier alpha value is -2.28. The molecule has 156 valence electrons. The number of piperidine rings is 2. The lowest BCUT2D eigenvalue weighted by atomic mass is 9.89. The lowest BCUT2D eigenvalue weighted by Gasteiger charge is -2.36. The Kier molecular flexibility index (Phi) is 9.07. The van der Waals surface area contributed by atoms with Crippen molar-refractivity contribution >= 4 is 12.5 Å². The van der Waals surface area contributed by atoms with Crippen molar-refractivity contribution in [1.82, 2.24) is 15.1 Å². The monoisotopic (exact) mass is 391 g/mol. The van der Waals surface area contributed by atoms with E-state index in [1.807, 2.05) is 17.0 Å². The van der Waals surface area contributed by atoms with Crippen LogP contribution in [0, 0.1) is 0 Å². The molecule has 7 heteroatoms.